The second-order valence-electron chi connectivity index (χ2n) is 2.85. The van der Waals surface area contributed by atoms with Gasteiger partial charge >= 0.3 is 26.2 Å². The summed E-state index contributed by atoms with van der Waals surface area (Å²) >= 11 is 0. The van der Waals surface area contributed by atoms with E-state index < -0.39 is 0 Å². The molecule has 0 unspecified atom stereocenters. The van der Waals surface area contributed by atoms with Gasteiger partial charge in [-0.05, 0) is 0 Å². The molecule has 0 heterocycles. The minimum absolute atomic E-state index is 0. The molecule has 84 valence electrons. The number of rotatable bonds is 0. The van der Waals surface area contributed by atoms with Crippen LogP contribution < -0.4 is 0 Å². The van der Waals surface area contributed by atoms with Gasteiger partial charge in [0.1, 0.15) is 0 Å². The molecule has 0 amide bonds. The average Bonchev–Trinajstić information content (AvgIpc) is 2.86. The maximum absolute atomic E-state index is 4.25. The zero-order valence-electron chi connectivity index (χ0n) is 10.4. The van der Waals surface area contributed by atoms with Crippen LogP contribution in [0.3, 0.4) is 0 Å². The summed E-state index contributed by atoms with van der Waals surface area (Å²) in [5.74, 6) is 0. The summed E-state index contributed by atoms with van der Waals surface area (Å²) in [6, 6.07) is 16.3. The van der Waals surface area contributed by atoms with Crippen molar-refractivity contribution in [3.8, 4) is 0 Å². The fourth-order valence-electron chi connectivity index (χ4n) is 0.920. The Hall–Kier alpha value is -0.677. The van der Waals surface area contributed by atoms with E-state index in [1.165, 1.54) is 11.1 Å². The van der Waals surface area contributed by atoms with E-state index in [2.05, 4.69) is 45.2 Å². The Morgan fingerprint density at radius 3 is 1.44 bits per heavy atom. The molecule has 2 aromatic carbocycles. The van der Waals surface area contributed by atoms with Gasteiger partial charge in [-0.3, -0.25) is 6.58 Å². The van der Waals surface area contributed by atoms with Crippen molar-refractivity contribution in [2.45, 2.75) is 13.8 Å². The molecule has 0 bridgehead atoms. The van der Waals surface area contributed by atoms with Crippen LogP contribution in [0.2, 0.25) is 0 Å². The van der Waals surface area contributed by atoms with Gasteiger partial charge in [0, 0.05) is 0 Å². The predicted octanol–water partition coefficient (Wildman–Crippen LogP) is 4.48. The molecule has 0 radical (unpaired) electrons. The summed E-state index contributed by atoms with van der Waals surface area (Å²) in [4.78, 5) is 0. The summed E-state index contributed by atoms with van der Waals surface area (Å²) in [7, 11) is 0. The topological polar surface area (TPSA) is 0 Å². The van der Waals surface area contributed by atoms with Crippen LogP contribution in [0.25, 0.3) is 0 Å². The third kappa shape index (κ3) is 9.86. The van der Waals surface area contributed by atoms with Crippen LogP contribution in [-0.2, 0) is 26.2 Å². The van der Waals surface area contributed by atoms with Gasteiger partial charge in [0.15, 0.2) is 0 Å². The van der Waals surface area contributed by atoms with Crippen LogP contribution >= 0.6 is 0 Å². The van der Waals surface area contributed by atoms with E-state index in [1.807, 2.05) is 30.3 Å². The minimum Gasteiger partial charge on any atom is -0.521 e. The van der Waals surface area contributed by atoms with Crippen molar-refractivity contribution in [3.05, 3.63) is 80.2 Å². The molecule has 0 spiro atoms. The van der Waals surface area contributed by atoms with Crippen molar-refractivity contribution in [2.75, 3.05) is 0 Å². The van der Waals surface area contributed by atoms with Gasteiger partial charge < -0.3 is 14.0 Å². The predicted molar refractivity (Wildman–Crippen MR) is 69.9 cm³/mol. The molecule has 0 saturated heterocycles. The van der Waals surface area contributed by atoms with Gasteiger partial charge in [0.25, 0.3) is 0 Å². The fraction of sp³-hybridized carbons (Fsp3) is 0.133. The zero-order valence-corrected chi connectivity index (χ0v) is 12.9. The van der Waals surface area contributed by atoms with Crippen molar-refractivity contribution >= 4 is 0 Å². The average molecular weight is 292 g/mol. The third-order valence-corrected chi connectivity index (χ3v) is 1.87. The molecule has 0 atom stereocenters. The van der Waals surface area contributed by atoms with Crippen LogP contribution in [0, 0.1) is 27.9 Å². The molecule has 0 saturated carbocycles. The standard InChI is InChI=1S/C7H9.C5H5.C2H3.CH3.Zr/c1-6-4-3-5-7(6)2;1-2-4-5-3-1;1-2;;/h3-5H,1-2H3;1-5H;1H,2H2;1H3;/q4*-1;+4. The molecule has 0 nitrogen and oxygen atoms in total. The van der Waals surface area contributed by atoms with E-state index in [-0.39, 0.29) is 33.6 Å². The molecular formula is C15H20Zr. The Balaban J connectivity index is -0.000000169. The molecule has 16 heavy (non-hydrogen) atoms. The number of aryl methyl sites for hydroxylation is 2. The summed E-state index contributed by atoms with van der Waals surface area (Å²) in [6.07, 6.45) is 0. The Morgan fingerprint density at radius 2 is 1.31 bits per heavy atom. The smallest absolute Gasteiger partial charge is 0.521 e. The van der Waals surface area contributed by atoms with Gasteiger partial charge in [0.05, 0.1) is 0 Å². The normalized spacial score (nSPS) is 6.88. The third-order valence-electron chi connectivity index (χ3n) is 1.87. The molecule has 0 aliphatic rings. The van der Waals surface area contributed by atoms with Crippen LogP contribution in [0.4, 0.5) is 0 Å². The molecule has 0 aromatic heterocycles. The number of hydrogen-bond donors (Lipinski definition) is 0. The van der Waals surface area contributed by atoms with Crippen molar-refractivity contribution in [2.24, 2.45) is 0 Å². The van der Waals surface area contributed by atoms with Crippen LogP contribution in [0.15, 0.2) is 55.1 Å². The fourth-order valence-corrected chi connectivity index (χ4v) is 0.920. The first kappa shape index (κ1) is 20.7. The molecule has 0 fully saturated rings. The molecular weight excluding hydrogens is 271 g/mol. The van der Waals surface area contributed by atoms with E-state index >= 15 is 0 Å². The first-order valence-corrected chi connectivity index (χ1v) is 4.57. The Labute approximate surface area is 120 Å². The molecule has 2 aromatic rings. The van der Waals surface area contributed by atoms with Gasteiger partial charge in [-0.2, -0.15) is 47.5 Å². The molecule has 0 aliphatic carbocycles. The maximum atomic E-state index is 4.25. The van der Waals surface area contributed by atoms with E-state index in [0.717, 1.165) is 0 Å². The van der Waals surface area contributed by atoms with E-state index in [0.29, 0.717) is 0 Å². The Kier molecular flexibility index (Phi) is 18.5. The zero-order chi connectivity index (χ0) is 10.8. The van der Waals surface area contributed by atoms with Crippen LogP contribution in [0.5, 0.6) is 0 Å². The van der Waals surface area contributed by atoms with Crippen molar-refractivity contribution < 1.29 is 26.2 Å². The maximum Gasteiger partial charge on any atom is 4.00 e. The second kappa shape index (κ2) is 14.3. The Bertz CT molecular complexity index is 270. The summed E-state index contributed by atoms with van der Waals surface area (Å²) in [6.45, 7) is 11.2. The SMILES string of the molecule is Cc1c[cH-]cc1C.[CH-]=C.[CH3-].[Zr+4].c1cc[cH-]c1. The summed E-state index contributed by atoms with van der Waals surface area (Å²) in [5, 5.41) is 0. The first-order chi connectivity index (χ1) is 6.80. The minimum atomic E-state index is 0. The second-order valence-corrected chi connectivity index (χ2v) is 2.85. The van der Waals surface area contributed by atoms with Crippen LogP contribution in [-0.4, -0.2) is 0 Å². The Morgan fingerprint density at radius 1 is 0.938 bits per heavy atom. The van der Waals surface area contributed by atoms with Gasteiger partial charge in [-0.15, -0.1) is 0 Å². The number of hydrogen-bond acceptors (Lipinski definition) is 0. The molecule has 2 rings (SSSR count). The largest absolute Gasteiger partial charge is 4.00 e. The first-order valence-electron chi connectivity index (χ1n) is 4.57. The van der Waals surface area contributed by atoms with Gasteiger partial charge in [0.2, 0.25) is 0 Å². The summed E-state index contributed by atoms with van der Waals surface area (Å²) < 4.78 is 0. The molecule has 1 heteroatoms. The van der Waals surface area contributed by atoms with E-state index in [9.17, 15) is 0 Å². The monoisotopic (exact) mass is 290 g/mol. The van der Waals surface area contributed by atoms with Gasteiger partial charge in [-0.1, -0.05) is 13.8 Å². The van der Waals surface area contributed by atoms with Crippen LogP contribution in [0.1, 0.15) is 11.1 Å². The van der Waals surface area contributed by atoms with Crippen molar-refractivity contribution in [1.82, 2.24) is 0 Å². The van der Waals surface area contributed by atoms with E-state index in [4.69, 9.17) is 0 Å². The van der Waals surface area contributed by atoms with E-state index in [1.54, 1.807) is 0 Å². The van der Waals surface area contributed by atoms with Gasteiger partial charge in [-0.25, -0.2) is 12.1 Å². The molecule has 0 aliphatic heterocycles. The summed E-state index contributed by atoms with van der Waals surface area (Å²) in [5.41, 5.74) is 2.78. The quantitative estimate of drug-likeness (QED) is 0.628. The van der Waals surface area contributed by atoms with Crippen molar-refractivity contribution in [1.29, 1.82) is 0 Å². The van der Waals surface area contributed by atoms with Crippen molar-refractivity contribution in [3.63, 3.8) is 0 Å². The molecule has 0 N–H and O–H groups in total.